The van der Waals surface area contributed by atoms with E-state index in [-0.39, 0.29) is 16.4 Å². The third-order valence-corrected chi connectivity index (χ3v) is 3.14. The monoisotopic (exact) mass is 250 g/mol. The van der Waals surface area contributed by atoms with Crippen LogP contribution in [0.5, 0.6) is 0 Å². The van der Waals surface area contributed by atoms with Gasteiger partial charge in [0.15, 0.2) is 0 Å². The molecule has 0 bridgehead atoms. The molecule has 0 spiro atoms. The smallest absolute Gasteiger partial charge is 0.106 e. The molecule has 1 aromatic heterocycles. The average molecular weight is 250 g/mol. The predicted molar refractivity (Wildman–Crippen MR) is 79.4 cm³/mol. The zero-order valence-corrected chi connectivity index (χ0v) is 13.9. The van der Waals surface area contributed by atoms with E-state index < -0.39 is 0 Å². The van der Waals surface area contributed by atoms with Crippen molar-refractivity contribution < 1.29 is 0 Å². The minimum absolute atomic E-state index is 0.0726. The van der Waals surface area contributed by atoms with Gasteiger partial charge in [-0.25, -0.2) is 4.98 Å². The van der Waals surface area contributed by atoms with Crippen LogP contribution in [0.2, 0.25) is 0 Å². The summed E-state index contributed by atoms with van der Waals surface area (Å²) in [6.45, 7) is 22.5. The molecule has 0 aromatic carbocycles. The summed E-state index contributed by atoms with van der Waals surface area (Å²) < 4.78 is 2.41. The Morgan fingerprint density at radius 3 is 1.50 bits per heavy atom. The molecule has 0 aliphatic heterocycles. The summed E-state index contributed by atoms with van der Waals surface area (Å²) in [5, 5.41) is 0. The lowest BCUT2D eigenvalue weighted by molar-refractivity contribution is 0.348. The van der Waals surface area contributed by atoms with E-state index in [1.165, 1.54) is 11.4 Å². The molecule has 0 atom stereocenters. The van der Waals surface area contributed by atoms with Crippen LogP contribution in [0.15, 0.2) is 0 Å². The largest absolute Gasteiger partial charge is 0.326 e. The highest BCUT2D eigenvalue weighted by Gasteiger charge is 2.34. The number of hydrogen-bond acceptors (Lipinski definition) is 1. The van der Waals surface area contributed by atoms with Crippen LogP contribution in [0.25, 0.3) is 0 Å². The van der Waals surface area contributed by atoms with E-state index in [1.807, 2.05) is 0 Å². The molecular weight excluding hydrogens is 220 g/mol. The zero-order valence-electron chi connectivity index (χ0n) is 13.9. The van der Waals surface area contributed by atoms with Gasteiger partial charge in [-0.05, 0) is 27.7 Å². The maximum Gasteiger partial charge on any atom is 0.106 e. The number of rotatable bonds is 0. The first-order valence-corrected chi connectivity index (χ1v) is 6.87. The van der Waals surface area contributed by atoms with Gasteiger partial charge in [-0.1, -0.05) is 41.5 Å². The van der Waals surface area contributed by atoms with Gasteiger partial charge in [-0.3, -0.25) is 0 Å². The van der Waals surface area contributed by atoms with Gasteiger partial charge in [0.25, 0.3) is 0 Å². The van der Waals surface area contributed by atoms with E-state index in [9.17, 15) is 0 Å². The fourth-order valence-electron chi connectivity index (χ4n) is 2.57. The van der Waals surface area contributed by atoms with Crippen LogP contribution in [0.1, 0.15) is 79.5 Å². The lowest BCUT2D eigenvalue weighted by atomic mass is 9.81. The van der Waals surface area contributed by atoms with Crippen molar-refractivity contribution in [2.45, 2.75) is 85.6 Å². The Morgan fingerprint density at radius 2 is 1.22 bits per heavy atom. The number of nitrogens with zero attached hydrogens (tertiary/aromatic N) is 2. The zero-order chi connectivity index (χ0) is 14.5. The Bertz CT molecular complexity index is 431. The summed E-state index contributed by atoms with van der Waals surface area (Å²) in [7, 11) is 0. The molecule has 104 valence electrons. The highest BCUT2D eigenvalue weighted by molar-refractivity contribution is 5.31. The van der Waals surface area contributed by atoms with E-state index in [2.05, 4.69) is 73.8 Å². The first-order valence-electron chi connectivity index (χ1n) is 6.87. The van der Waals surface area contributed by atoms with Gasteiger partial charge in [-0.15, -0.1) is 0 Å². The molecule has 2 heteroatoms. The number of aryl methyl sites for hydroxylation is 1. The molecule has 1 heterocycles. The molecule has 0 radical (unpaired) electrons. The van der Waals surface area contributed by atoms with Crippen LogP contribution < -0.4 is 0 Å². The van der Waals surface area contributed by atoms with E-state index in [0.717, 1.165) is 5.82 Å². The minimum atomic E-state index is 0.0726. The Morgan fingerprint density at radius 1 is 0.778 bits per heavy atom. The van der Waals surface area contributed by atoms with Crippen LogP contribution in [-0.2, 0) is 16.4 Å². The van der Waals surface area contributed by atoms with E-state index in [4.69, 9.17) is 4.98 Å². The molecule has 0 N–H and O–H groups in total. The normalized spacial score (nSPS) is 14.1. The molecule has 0 fully saturated rings. The summed E-state index contributed by atoms with van der Waals surface area (Å²) in [6.07, 6.45) is 0. The molecule has 1 aromatic rings. The Kier molecular flexibility index (Phi) is 3.49. The quantitative estimate of drug-likeness (QED) is 0.661. The SMILES string of the molecule is Cc1nc(C(C)(C)C)c(C(C)(C)C)n1C(C)(C)C. The van der Waals surface area contributed by atoms with Gasteiger partial charge in [0.05, 0.1) is 5.69 Å². The Labute approximate surface area is 113 Å². The van der Waals surface area contributed by atoms with E-state index in [0.29, 0.717) is 0 Å². The molecule has 0 aliphatic carbocycles. The van der Waals surface area contributed by atoms with Gasteiger partial charge >= 0.3 is 0 Å². The second-order valence-corrected chi connectivity index (χ2v) is 8.36. The topological polar surface area (TPSA) is 17.8 Å². The van der Waals surface area contributed by atoms with Gasteiger partial charge in [0.2, 0.25) is 0 Å². The van der Waals surface area contributed by atoms with Gasteiger partial charge in [0.1, 0.15) is 5.82 Å². The third kappa shape index (κ3) is 2.78. The maximum absolute atomic E-state index is 4.88. The molecule has 0 saturated heterocycles. The van der Waals surface area contributed by atoms with Gasteiger partial charge in [-0.2, -0.15) is 0 Å². The van der Waals surface area contributed by atoms with Crippen molar-refractivity contribution in [2.75, 3.05) is 0 Å². The second kappa shape index (κ2) is 4.11. The summed E-state index contributed by atoms with van der Waals surface area (Å²) in [5.41, 5.74) is 2.88. The maximum atomic E-state index is 4.88. The fourth-order valence-corrected chi connectivity index (χ4v) is 2.57. The van der Waals surface area contributed by atoms with Gasteiger partial charge < -0.3 is 4.57 Å². The predicted octanol–water partition coefficient (Wildman–Crippen LogP) is 4.54. The molecule has 1 rings (SSSR count). The molecule has 0 saturated carbocycles. The number of hydrogen-bond donors (Lipinski definition) is 0. The summed E-state index contributed by atoms with van der Waals surface area (Å²) in [6, 6.07) is 0. The molecule has 18 heavy (non-hydrogen) atoms. The highest BCUT2D eigenvalue weighted by Crippen LogP contribution is 2.37. The van der Waals surface area contributed by atoms with Crippen LogP contribution in [-0.4, -0.2) is 9.55 Å². The fraction of sp³-hybridized carbons (Fsp3) is 0.812. The van der Waals surface area contributed by atoms with Crippen LogP contribution in [0.4, 0.5) is 0 Å². The Balaban J connectivity index is 3.70. The van der Waals surface area contributed by atoms with Crippen molar-refractivity contribution >= 4 is 0 Å². The highest BCUT2D eigenvalue weighted by atomic mass is 15.1. The summed E-state index contributed by atoms with van der Waals surface area (Å²) in [4.78, 5) is 4.88. The van der Waals surface area contributed by atoms with Crippen LogP contribution in [0.3, 0.4) is 0 Å². The first-order chi connectivity index (χ1) is 7.76. The first kappa shape index (κ1) is 15.3. The number of imidazole rings is 1. The average Bonchev–Trinajstić information content (AvgIpc) is 2.39. The molecule has 2 nitrogen and oxygen atoms in total. The Hall–Kier alpha value is -0.790. The summed E-state index contributed by atoms with van der Waals surface area (Å²) >= 11 is 0. The summed E-state index contributed by atoms with van der Waals surface area (Å²) in [5.74, 6) is 1.12. The molecule has 0 aliphatic rings. The molecule has 0 unspecified atom stereocenters. The second-order valence-electron chi connectivity index (χ2n) is 8.36. The van der Waals surface area contributed by atoms with Crippen LogP contribution >= 0.6 is 0 Å². The lowest BCUT2D eigenvalue weighted by Crippen LogP contribution is -2.32. The number of aromatic nitrogens is 2. The van der Waals surface area contributed by atoms with E-state index >= 15 is 0 Å². The molecule has 0 amide bonds. The standard InChI is InChI=1S/C16H30N2/c1-11-17-12(14(2,3)4)13(15(5,6)7)18(11)16(8,9)10/h1-10H3. The van der Waals surface area contributed by atoms with Crippen LogP contribution in [0, 0.1) is 6.92 Å². The molecular formula is C16H30N2. The third-order valence-electron chi connectivity index (χ3n) is 3.14. The van der Waals surface area contributed by atoms with Crippen molar-refractivity contribution in [3.63, 3.8) is 0 Å². The van der Waals surface area contributed by atoms with Crippen molar-refractivity contribution in [1.82, 2.24) is 9.55 Å². The van der Waals surface area contributed by atoms with Crippen molar-refractivity contribution in [3.8, 4) is 0 Å². The van der Waals surface area contributed by atoms with Gasteiger partial charge in [0, 0.05) is 22.1 Å². The van der Waals surface area contributed by atoms with E-state index in [1.54, 1.807) is 0 Å². The lowest BCUT2D eigenvalue weighted by Gasteiger charge is -2.33. The minimum Gasteiger partial charge on any atom is -0.326 e. The van der Waals surface area contributed by atoms with Crippen molar-refractivity contribution in [3.05, 3.63) is 17.2 Å². The van der Waals surface area contributed by atoms with Crippen molar-refractivity contribution in [2.24, 2.45) is 0 Å². The van der Waals surface area contributed by atoms with Crippen molar-refractivity contribution in [1.29, 1.82) is 0 Å².